The lowest BCUT2D eigenvalue weighted by atomic mass is 10.1. The Morgan fingerprint density at radius 2 is 1.84 bits per heavy atom. The summed E-state index contributed by atoms with van der Waals surface area (Å²) in [6, 6.07) is 17.8. The standard InChI is InChI=1S/C24H27N3O3S/c1-2-14-29-19-8-10-20(11-9-19)30-17-23(28)26-24-25-21-12-13-27(16-22(21)31-24)15-18-6-4-3-5-7-18/h3-11H,2,12-17H2,1H3,(H,25,26,28). The van der Waals surface area contributed by atoms with Gasteiger partial charge in [-0.05, 0) is 36.2 Å². The molecule has 3 aromatic rings. The van der Waals surface area contributed by atoms with E-state index >= 15 is 0 Å². The fraction of sp³-hybridized carbons (Fsp3) is 0.333. The van der Waals surface area contributed by atoms with E-state index in [1.807, 2.05) is 30.3 Å². The molecule has 0 aliphatic carbocycles. The number of hydrogen-bond acceptors (Lipinski definition) is 6. The van der Waals surface area contributed by atoms with E-state index in [0.717, 1.165) is 43.9 Å². The Kier molecular flexibility index (Phi) is 7.17. The highest BCUT2D eigenvalue weighted by Gasteiger charge is 2.21. The monoisotopic (exact) mass is 437 g/mol. The number of thiazole rings is 1. The molecule has 0 saturated heterocycles. The number of nitrogens with one attached hydrogen (secondary N) is 1. The molecule has 2 heterocycles. The van der Waals surface area contributed by atoms with Crippen molar-refractivity contribution in [3.05, 3.63) is 70.7 Å². The Morgan fingerprint density at radius 3 is 2.58 bits per heavy atom. The summed E-state index contributed by atoms with van der Waals surface area (Å²) in [5.74, 6) is 1.22. The van der Waals surface area contributed by atoms with Crippen LogP contribution in [0.2, 0.25) is 0 Å². The highest BCUT2D eigenvalue weighted by atomic mass is 32.1. The van der Waals surface area contributed by atoms with Crippen LogP contribution in [-0.4, -0.2) is 35.5 Å². The van der Waals surface area contributed by atoms with E-state index in [9.17, 15) is 4.79 Å². The zero-order valence-electron chi connectivity index (χ0n) is 17.7. The van der Waals surface area contributed by atoms with E-state index in [4.69, 9.17) is 9.47 Å². The van der Waals surface area contributed by atoms with Gasteiger partial charge >= 0.3 is 0 Å². The van der Waals surface area contributed by atoms with E-state index in [-0.39, 0.29) is 12.5 Å². The first-order valence-electron chi connectivity index (χ1n) is 10.6. The van der Waals surface area contributed by atoms with Crippen LogP contribution in [0.15, 0.2) is 54.6 Å². The zero-order chi connectivity index (χ0) is 21.5. The van der Waals surface area contributed by atoms with Crippen molar-refractivity contribution in [1.29, 1.82) is 0 Å². The minimum Gasteiger partial charge on any atom is -0.494 e. The molecule has 1 aliphatic heterocycles. The van der Waals surface area contributed by atoms with Crippen molar-refractivity contribution in [2.24, 2.45) is 0 Å². The predicted molar refractivity (Wildman–Crippen MR) is 123 cm³/mol. The van der Waals surface area contributed by atoms with Crippen LogP contribution in [0.3, 0.4) is 0 Å². The van der Waals surface area contributed by atoms with Gasteiger partial charge in [0, 0.05) is 30.9 Å². The van der Waals surface area contributed by atoms with Gasteiger partial charge < -0.3 is 9.47 Å². The van der Waals surface area contributed by atoms with Crippen molar-refractivity contribution >= 4 is 22.4 Å². The van der Waals surface area contributed by atoms with Crippen molar-refractivity contribution in [3.8, 4) is 11.5 Å². The molecule has 0 spiro atoms. The lowest BCUT2D eigenvalue weighted by Gasteiger charge is -2.25. The third-order valence-corrected chi connectivity index (χ3v) is 5.97. The predicted octanol–water partition coefficient (Wildman–Crippen LogP) is 4.51. The molecule has 0 radical (unpaired) electrons. The van der Waals surface area contributed by atoms with Crippen molar-refractivity contribution in [1.82, 2.24) is 9.88 Å². The fourth-order valence-corrected chi connectivity index (χ4v) is 4.50. The molecule has 1 N–H and O–H groups in total. The lowest BCUT2D eigenvalue weighted by molar-refractivity contribution is -0.118. The molecule has 31 heavy (non-hydrogen) atoms. The van der Waals surface area contributed by atoms with Gasteiger partial charge in [0.2, 0.25) is 0 Å². The molecule has 0 atom stereocenters. The number of ether oxygens (including phenoxy) is 2. The number of benzene rings is 2. The largest absolute Gasteiger partial charge is 0.494 e. The van der Waals surface area contributed by atoms with Crippen LogP contribution < -0.4 is 14.8 Å². The summed E-state index contributed by atoms with van der Waals surface area (Å²) in [7, 11) is 0. The van der Waals surface area contributed by atoms with E-state index in [2.05, 4.69) is 46.4 Å². The van der Waals surface area contributed by atoms with Crippen LogP contribution in [0.4, 0.5) is 5.13 Å². The average molecular weight is 438 g/mol. The maximum Gasteiger partial charge on any atom is 0.264 e. The zero-order valence-corrected chi connectivity index (χ0v) is 18.5. The Labute approximate surface area is 186 Å². The summed E-state index contributed by atoms with van der Waals surface area (Å²) < 4.78 is 11.1. The summed E-state index contributed by atoms with van der Waals surface area (Å²) in [5.41, 5.74) is 2.40. The number of aromatic nitrogens is 1. The van der Waals surface area contributed by atoms with Crippen molar-refractivity contribution < 1.29 is 14.3 Å². The Hall–Kier alpha value is -2.90. The molecule has 4 rings (SSSR count). The molecule has 0 saturated carbocycles. The van der Waals surface area contributed by atoms with Crippen LogP contribution >= 0.6 is 11.3 Å². The summed E-state index contributed by atoms with van der Waals surface area (Å²) in [6.07, 6.45) is 1.86. The van der Waals surface area contributed by atoms with Crippen LogP contribution in [0, 0.1) is 0 Å². The third-order valence-electron chi connectivity index (χ3n) is 4.97. The number of anilines is 1. The van der Waals surface area contributed by atoms with Gasteiger partial charge in [0.05, 0.1) is 12.3 Å². The van der Waals surface area contributed by atoms with E-state index in [1.165, 1.54) is 10.4 Å². The third kappa shape index (κ3) is 6.06. The SMILES string of the molecule is CCCOc1ccc(OCC(=O)Nc2nc3c(s2)CN(Cc2ccccc2)CC3)cc1. The number of hydrogen-bond donors (Lipinski definition) is 1. The van der Waals surface area contributed by atoms with Crippen molar-refractivity contribution in [2.45, 2.75) is 32.9 Å². The van der Waals surface area contributed by atoms with Crippen LogP contribution in [0.25, 0.3) is 0 Å². The first-order chi connectivity index (χ1) is 15.2. The van der Waals surface area contributed by atoms with E-state index in [0.29, 0.717) is 17.5 Å². The highest BCUT2D eigenvalue weighted by molar-refractivity contribution is 7.15. The molecular weight excluding hydrogens is 410 g/mol. The number of carbonyl (C=O) groups is 1. The van der Waals surface area contributed by atoms with Gasteiger partial charge in [0.1, 0.15) is 11.5 Å². The van der Waals surface area contributed by atoms with Gasteiger partial charge in [-0.15, -0.1) is 11.3 Å². The topological polar surface area (TPSA) is 63.7 Å². The first-order valence-corrected chi connectivity index (χ1v) is 11.4. The molecule has 1 aromatic heterocycles. The Morgan fingerprint density at radius 1 is 1.10 bits per heavy atom. The number of carbonyl (C=O) groups excluding carboxylic acids is 1. The molecule has 1 aliphatic rings. The van der Waals surface area contributed by atoms with Crippen LogP contribution in [0.1, 0.15) is 29.5 Å². The summed E-state index contributed by atoms with van der Waals surface area (Å²) in [6.45, 7) is 5.45. The van der Waals surface area contributed by atoms with Gasteiger partial charge in [-0.3, -0.25) is 15.0 Å². The molecule has 0 fully saturated rings. The van der Waals surface area contributed by atoms with E-state index in [1.54, 1.807) is 11.3 Å². The Balaban J connectivity index is 1.26. The number of fused-ring (bicyclic) bond motifs is 1. The highest BCUT2D eigenvalue weighted by Crippen LogP contribution is 2.29. The minimum atomic E-state index is -0.210. The fourth-order valence-electron chi connectivity index (χ4n) is 3.43. The second-order valence-electron chi connectivity index (χ2n) is 7.49. The summed E-state index contributed by atoms with van der Waals surface area (Å²) >= 11 is 1.55. The van der Waals surface area contributed by atoms with Gasteiger partial charge in [-0.2, -0.15) is 0 Å². The van der Waals surface area contributed by atoms with E-state index < -0.39 is 0 Å². The molecule has 1 amide bonds. The minimum absolute atomic E-state index is 0.0560. The van der Waals surface area contributed by atoms with Crippen molar-refractivity contribution in [3.63, 3.8) is 0 Å². The number of rotatable bonds is 9. The summed E-state index contributed by atoms with van der Waals surface area (Å²) in [5, 5.41) is 3.52. The van der Waals surface area contributed by atoms with Gasteiger partial charge in [0.15, 0.2) is 11.7 Å². The smallest absolute Gasteiger partial charge is 0.264 e. The maximum atomic E-state index is 12.3. The van der Waals surface area contributed by atoms with Gasteiger partial charge in [-0.25, -0.2) is 4.98 Å². The van der Waals surface area contributed by atoms with Gasteiger partial charge in [0.25, 0.3) is 5.91 Å². The second kappa shape index (κ2) is 10.4. The average Bonchev–Trinajstić information content (AvgIpc) is 3.19. The molecule has 6 nitrogen and oxygen atoms in total. The van der Waals surface area contributed by atoms with Crippen molar-refractivity contribution in [2.75, 3.05) is 25.1 Å². The van der Waals surface area contributed by atoms with Crippen LogP contribution in [-0.2, 0) is 24.3 Å². The molecule has 7 heteroatoms. The molecule has 0 bridgehead atoms. The molecular formula is C24H27N3O3S. The van der Waals surface area contributed by atoms with Gasteiger partial charge in [-0.1, -0.05) is 37.3 Å². The first kappa shape index (κ1) is 21.3. The Bertz CT molecular complexity index is 989. The number of nitrogens with zero attached hydrogens (tertiary/aromatic N) is 2. The summed E-state index contributed by atoms with van der Waals surface area (Å²) in [4.78, 5) is 20.6. The second-order valence-corrected chi connectivity index (χ2v) is 8.58. The number of amides is 1. The molecule has 162 valence electrons. The normalized spacial score (nSPS) is 13.5. The molecule has 0 unspecified atom stereocenters. The molecule has 2 aromatic carbocycles. The lowest BCUT2D eigenvalue weighted by Crippen LogP contribution is -2.29. The van der Waals surface area contributed by atoms with Crippen LogP contribution in [0.5, 0.6) is 11.5 Å². The quantitative estimate of drug-likeness (QED) is 0.534. The maximum absolute atomic E-state index is 12.3.